The number of fused-ring (bicyclic) bond motifs is 1. The summed E-state index contributed by atoms with van der Waals surface area (Å²) in [6.07, 6.45) is 2.50. The Morgan fingerprint density at radius 2 is 2.35 bits per heavy atom. The van der Waals surface area contributed by atoms with Gasteiger partial charge in [-0.05, 0) is 17.8 Å². The van der Waals surface area contributed by atoms with Crippen molar-refractivity contribution in [2.24, 2.45) is 17.3 Å². The molecule has 1 saturated heterocycles. The van der Waals surface area contributed by atoms with E-state index in [1.807, 2.05) is 0 Å². The molecule has 0 radical (unpaired) electrons. The molecule has 3 fully saturated rings. The van der Waals surface area contributed by atoms with Crippen molar-refractivity contribution in [2.75, 3.05) is 0 Å². The second-order valence-electron chi connectivity index (χ2n) is 5.81. The minimum absolute atomic E-state index is 0.0268. The molecular formula is C13H16O4. The van der Waals surface area contributed by atoms with Gasteiger partial charge in [0.2, 0.25) is 5.60 Å². The molecule has 0 N–H and O–H groups in total. The van der Waals surface area contributed by atoms with Gasteiger partial charge in [0.1, 0.15) is 6.10 Å². The van der Waals surface area contributed by atoms with Crippen LogP contribution in [0.2, 0.25) is 0 Å². The first-order chi connectivity index (χ1) is 7.93. The minimum Gasteiger partial charge on any atom is -0.459 e. The normalized spacial score (nSPS) is 50.2. The highest BCUT2D eigenvalue weighted by molar-refractivity contribution is 5.90. The first-order valence-corrected chi connectivity index (χ1v) is 5.99. The van der Waals surface area contributed by atoms with Crippen molar-refractivity contribution in [3.8, 4) is 0 Å². The molecule has 3 rings (SSSR count). The zero-order valence-corrected chi connectivity index (χ0v) is 10.1. The number of hydrogen-bond acceptors (Lipinski definition) is 4. The monoisotopic (exact) mass is 236 g/mol. The van der Waals surface area contributed by atoms with Crippen LogP contribution in [-0.2, 0) is 19.1 Å². The van der Waals surface area contributed by atoms with E-state index in [1.165, 1.54) is 0 Å². The Hall–Kier alpha value is -1.32. The molecule has 2 saturated carbocycles. The molecule has 0 aromatic rings. The summed E-state index contributed by atoms with van der Waals surface area (Å²) in [4.78, 5) is 23.4. The molecule has 0 aromatic carbocycles. The van der Waals surface area contributed by atoms with E-state index in [9.17, 15) is 9.59 Å². The molecule has 2 bridgehead atoms. The number of esters is 2. The molecule has 5 unspecified atom stereocenters. The molecule has 0 spiro atoms. The van der Waals surface area contributed by atoms with Crippen molar-refractivity contribution in [3.05, 3.63) is 12.7 Å². The number of hydrogen-bond donors (Lipinski definition) is 0. The number of carbonyl (C=O) groups is 2. The lowest BCUT2D eigenvalue weighted by Gasteiger charge is -2.34. The Bertz CT molecular complexity index is 429. The fraction of sp³-hybridized carbons (Fsp3) is 0.692. The van der Waals surface area contributed by atoms with Gasteiger partial charge in [-0.25, -0.2) is 9.59 Å². The summed E-state index contributed by atoms with van der Waals surface area (Å²) in [5.41, 5.74) is -0.986. The third-order valence-corrected chi connectivity index (χ3v) is 4.98. The van der Waals surface area contributed by atoms with Gasteiger partial charge in [-0.15, -0.1) is 0 Å². The lowest BCUT2D eigenvalue weighted by atomic mass is 9.72. The Morgan fingerprint density at radius 3 is 2.94 bits per heavy atom. The van der Waals surface area contributed by atoms with E-state index < -0.39 is 11.6 Å². The Balaban J connectivity index is 2.00. The van der Waals surface area contributed by atoms with Crippen molar-refractivity contribution >= 4 is 11.9 Å². The SMILES string of the molecule is C=CC(=O)OC12CC3(C)CC1C(OC2=O)C3C. The maximum Gasteiger partial charge on any atom is 0.351 e. The maximum absolute atomic E-state index is 12.0. The van der Waals surface area contributed by atoms with E-state index in [0.29, 0.717) is 12.3 Å². The summed E-state index contributed by atoms with van der Waals surface area (Å²) in [5, 5.41) is 0. The molecule has 92 valence electrons. The van der Waals surface area contributed by atoms with Gasteiger partial charge in [-0.2, -0.15) is 0 Å². The molecule has 2 aliphatic carbocycles. The first-order valence-electron chi connectivity index (χ1n) is 5.99. The smallest absolute Gasteiger partial charge is 0.351 e. The zero-order chi connectivity index (χ0) is 12.4. The Morgan fingerprint density at radius 1 is 1.65 bits per heavy atom. The number of ether oxygens (including phenoxy) is 2. The average molecular weight is 236 g/mol. The van der Waals surface area contributed by atoms with Gasteiger partial charge in [0.25, 0.3) is 0 Å². The number of rotatable bonds is 2. The van der Waals surface area contributed by atoms with Crippen LogP contribution in [0.1, 0.15) is 26.7 Å². The van der Waals surface area contributed by atoms with Crippen LogP contribution >= 0.6 is 0 Å². The van der Waals surface area contributed by atoms with Crippen molar-refractivity contribution in [2.45, 2.75) is 38.4 Å². The van der Waals surface area contributed by atoms with Gasteiger partial charge < -0.3 is 9.47 Å². The molecule has 0 amide bonds. The summed E-state index contributed by atoms with van der Waals surface area (Å²) in [6.45, 7) is 7.64. The third kappa shape index (κ3) is 1.08. The second-order valence-corrected chi connectivity index (χ2v) is 5.81. The molecule has 4 nitrogen and oxygen atoms in total. The van der Waals surface area contributed by atoms with Gasteiger partial charge in [0.05, 0.1) is 0 Å². The highest BCUT2D eigenvalue weighted by atomic mass is 16.6. The standard InChI is InChI=1S/C13H16O4/c1-4-9(14)17-13-6-12(3)5-8(13)10(7(12)2)16-11(13)15/h4,7-8,10H,1,5-6H2,2-3H3. The zero-order valence-electron chi connectivity index (χ0n) is 10.1. The van der Waals surface area contributed by atoms with E-state index in [1.54, 1.807) is 0 Å². The van der Waals surface area contributed by atoms with Gasteiger partial charge >= 0.3 is 11.9 Å². The average Bonchev–Trinajstić information content (AvgIpc) is 2.77. The summed E-state index contributed by atoms with van der Waals surface area (Å²) < 4.78 is 10.8. The van der Waals surface area contributed by atoms with Crippen LogP contribution in [0, 0.1) is 17.3 Å². The molecule has 1 aliphatic heterocycles. The molecule has 0 aromatic heterocycles. The van der Waals surface area contributed by atoms with E-state index in [2.05, 4.69) is 20.4 Å². The second kappa shape index (κ2) is 2.92. The summed E-state index contributed by atoms with van der Waals surface area (Å²) >= 11 is 0. The molecular weight excluding hydrogens is 220 g/mol. The molecule has 3 aliphatic rings. The number of carbonyl (C=O) groups excluding carboxylic acids is 2. The van der Waals surface area contributed by atoms with Crippen molar-refractivity contribution in [1.29, 1.82) is 0 Å². The van der Waals surface area contributed by atoms with Crippen LogP contribution in [0.15, 0.2) is 12.7 Å². The highest BCUT2D eigenvalue weighted by Gasteiger charge is 2.75. The van der Waals surface area contributed by atoms with Crippen LogP contribution < -0.4 is 0 Å². The van der Waals surface area contributed by atoms with Gasteiger partial charge in [0.15, 0.2) is 0 Å². The van der Waals surface area contributed by atoms with Crippen LogP contribution in [0.4, 0.5) is 0 Å². The van der Waals surface area contributed by atoms with E-state index in [4.69, 9.17) is 9.47 Å². The first kappa shape index (κ1) is 10.8. The van der Waals surface area contributed by atoms with Crippen molar-refractivity contribution < 1.29 is 19.1 Å². The fourth-order valence-corrected chi connectivity index (χ4v) is 3.95. The Labute approximate surface area is 100.0 Å². The van der Waals surface area contributed by atoms with E-state index >= 15 is 0 Å². The minimum atomic E-state index is -1.03. The third-order valence-electron chi connectivity index (χ3n) is 4.98. The quantitative estimate of drug-likeness (QED) is 0.538. The highest BCUT2D eigenvalue weighted by Crippen LogP contribution is 2.66. The summed E-state index contributed by atoms with van der Waals surface area (Å²) in [5.74, 6) is -0.532. The van der Waals surface area contributed by atoms with Gasteiger partial charge in [0, 0.05) is 18.4 Å². The van der Waals surface area contributed by atoms with E-state index in [0.717, 1.165) is 12.5 Å². The van der Waals surface area contributed by atoms with Crippen LogP contribution in [-0.4, -0.2) is 23.6 Å². The van der Waals surface area contributed by atoms with Gasteiger partial charge in [-0.3, -0.25) is 0 Å². The van der Waals surface area contributed by atoms with Crippen LogP contribution in [0.5, 0.6) is 0 Å². The molecule has 1 heterocycles. The largest absolute Gasteiger partial charge is 0.459 e. The van der Waals surface area contributed by atoms with Crippen LogP contribution in [0.3, 0.4) is 0 Å². The Kier molecular flexibility index (Phi) is 1.86. The lowest BCUT2D eigenvalue weighted by molar-refractivity contribution is -0.171. The fourth-order valence-electron chi connectivity index (χ4n) is 3.95. The summed E-state index contributed by atoms with van der Waals surface area (Å²) in [7, 11) is 0. The van der Waals surface area contributed by atoms with Gasteiger partial charge in [-0.1, -0.05) is 20.4 Å². The topological polar surface area (TPSA) is 52.6 Å². The van der Waals surface area contributed by atoms with E-state index in [-0.39, 0.29) is 23.4 Å². The summed E-state index contributed by atoms with van der Waals surface area (Å²) in [6, 6.07) is 0. The molecule has 4 heteroatoms. The molecule has 5 atom stereocenters. The predicted molar refractivity (Wildman–Crippen MR) is 58.9 cm³/mol. The van der Waals surface area contributed by atoms with Crippen LogP contribution in [0.25, 0.3) is 0 Å². The molecule has 17 heavy (non-hydrogen) atoms. The lowest BCUT2D eigenvalue weighted by Crippen LogP contribution is -2.46. The maximum atomic E-state index is 12.0. The van der Waals surface area contributed by atoms with Crippen molar-refractivity contribution in [1.82, 2.24) is 0 Å². The predicted octanol–water partition coefficient (Wildman–Crippen LogP) is 1.45. The van der Waals surface area contributed by atoms with Crippen molar-refractivity contribution in [3.63, 3.8) is 0 Å².